The molecule has 1 aliphatic heterocycles. The quantitative estimate of drug-likeness (QED) is 0.925. The SMILES string of the molecule is CC(=O)N(CC1CCCN1C(=O)Nc1ccncc1F)C1CC1. The number of hydrogen-bond acceptors (Lipinski definition) is 3. The fourth-order valence-electron chi connectivity index (χ4n) is 3.10. The van der Waals surface area contributed by atoms with Crippen LogP contribution in [0.4, 0.5) is 14.9 Å². The molecule has 1 aromatic rings. The maximum Gasteiger partial charge on any atom is 0.322 e. The van der Waals surface area contributed by atoms with E-state index in [1.807, 2.05) is 4.90 Å². The topological polar surface area (TPSA) is 65.5 Å². The minimum absolute atomic E-state index is 0.00982. The van der Waals surface area contributed by atoms with Crippen LogP contribution in [0, 0.1) is 5.82 Å². The summed E-state index contributed by atoms with van der Waals surface area (Å²) in [6.45, 7) is 2.76. The van der Waals surface area contributed by atoms with Gasteiger partial charge in [0.25, 0.3) is 0 Å². The molecule has 3 rings (SSSR count). The summed E-state index contributed by atoms with van der Waals surface area (Å²) in [7, 11) is 0. The van der Waals surface area contributed by atoms with Gasteiger partial charge in [0, 0.05) is 32.3 Å². The van der Waals surface area contributed by atoms with Crippen LogP contribution in [0.2, 0.25) is 0 Å². The summed E-state index contributed by atoms with van der Waals surface area (Å²) >= 11 is 0. The summed E-state index contributed by atoms with van der Waals surface area (Å²) in [5.74, 6) is -0.500. The molecule has 0 aromatic carbocycles. The maximum atomic E-state index is 13.6. The number of amides is 3. The van der Waals surface area contributed by atoms with Crippen LogP contribution in [0.5, 0.6) is 0 Å². The van der Waals surface area contributed by atoms with E-state index in [0.717, 1.165) is 31.9 Å². The van der Waals surface area contributed by atoms with Crippen molar-refractivity contribution >= 4 is 17.6 Å². The molecule has 7 heteroatoms. The Labute approximate surface area is 134 Å². The molecule has 0 bridgehead atoms. The minimum atomic E-state index is -0.556. The fourth-order valence-corrected chi connectivity index (χ4v) is 3.10. The number of halogens is 1. The number of nitrogens with one attached hydrogen (secondary N) is 1. The van der Waals surface area contributed by atoms with Crippen LogP contribution in [0.3, 0.4) is 0 Å². The second kappa shape index (κ2) is 6.52. The van der Waals surface area contributed by atoms with Gasteiger partial charge in [-0.25, -0.2) is 9.18 Å². The smallest absolute Gasteiger partial charge is 0.322 e. The molecule has 2 aliphatic rings. The van der Waals surface area contributed by atoms with Crippen molar-refractivity contribution in [2.24, 2.45) is 0 Å². The first kappa shape index (κ1) is 15.7. The predicted octanol–water partition coefficient (Wildman–Crippen LogP) is 2.23. The summed E-state index contributed by atoms with van der Waals surface area (Å²) in [4.78, 5) is 31.5. The van der Waals surface area contributed by atoms with Crippen molar-refractivity contribution in [3.05, 3.63) is 24.3 Å². The zero-order valence-electron chi connectivity index (χ0n) is 13.2. The highest BCUT2D eigenvalue weighted by Crippen LogP contribution is 2.29. The third-order valence-corrected chi connectivity index (χ3v) is 4.45. The number of urea groups is 1. The van der Waals surface area contributed by atoms with Gasteiger partial charge in [0.05, 0.1) is 17.9 Å². The monoisotopic (exact) mass is 320 g/mol. The minimum Gasteiger partial charge on any atom is -0.338 e. The molecule has 1 saturated carbocycles. The molecule has 1 saturated heterocycles. The van der Waals surface area contributed by atoms with Crippen LogP contribution in [-0.2, 0) is 4.79 Å². The Morgan fingerprint density at radius 3 is 2.87 bits per heavy atom. The van der Waals surface area contributed by atoms with Gasteiger partial charge in [-0.3, -0.25) is 9.78 Å². The Kier molecular flexibility index (Phi) is 4.45. The van der Waals surface area contributed by atoms with Gasteiger partial charge >= 0.3 is 6.03 Å². The van der Waals surface area contributed by atoms with Crippen molar-refractivity contribution in [2.75, 3.05) is 18.4 Å². The summed E-state index contributed by atoms with van der Waals surface area (Å²) in [5.41, 5.74) is 0.126. The van der Waals surface area contributed by atoms with Gasteiger partial charge in [-0.15, -0.1) is 0 Å². The van der Waals surface area contributed by atoms with E-state index in [1.54, 1.807) is 11.8 Å². The van der Waals surface area contributed by atoms with Crippen LogP contribution in [0.25, 0.3) is 0 Å². The molecule has 23 heavy (non-hydrogen) atoms. The Bertz CT molecular complexity index is 605. The molecule has 2 fully saturated rings. The van der Waals surface area contributed by atoms with E-state index in [1.165, 1.54) is 12.3 Å². The van der Waals surface area contributed by atoms with Gasteiger partial charge < -0.3 is 15.1 Å². The number of nitrogens with zero attached hydrogens (tertiary/aromatic N) is 3. The van der Waals surface area contributed by atoms with E-state index in [4.69, 9.17) is 0 Å². The predicted molar refractivity (Wildman–Crippen MR) is 83.4 cm³/mol. The van der Waals surface area contributed by atoms with Gasteiger partial charge in [-0.1, -0.05) is 0 Å². The number of pyridine rings is 1. The Morgan fingerprint density at radius 2 is 2.22 bits per heavy atom. The Balaban J connectivity index is 1.65. The summed E-state index contributed by atoms with van der Waals surface area (Å²) in [5, 5.41) is 2.60. The van der Waals surface area contributed by atoms with Crippen molar-refractivity contribution in [3.63, 3.8) is 0 Å². The molecular weight excluding hydrogens is 299 g/mol. The number of carbonyl (C=O) groups is 2. The lowest BCUT2D eigenvalue weighted by atomic mass is 10.2. The highest BCUT2D eigenvalue weighted by atomic mass is 19.1. The number of aromatic nitrogens is 1. The van der Waals surface area contributed by atoms with E-state index >= 15 is 0 Å². The van der Waals surface area contributed by atoms with E-state index < -0.39 is 5.82 Å². The summed E-state index contributed by atoms with van der Waals surface area (Å²) < 4.78 is 13.6. The van der Waals surface area contributed by atoms with E-state index in [0.29, 0.717) is 19.1 Å². The van der Waals surface area contributed by atoms with E-state index in [9.17, 15) is 14.0 Å². The Hall–Kier alpha value is -2.18. The molecular formula is C16H21FN4O2. The van der Waals surface area contributed by atoms with Crippen molar-refractivity contribution in [3.8, 4) is 0 Å². The van der Waals surface area contributed by atoms with Crippen molar-refractivity contribution in [2.45, 2.75) is 44.7 Å². The third kappa shape index (κ3) is 3.60. The van der Waals surface area contributed by atoms with Gasteiger partial charge in [0.2, 0.25) is 5.91 Å². The first-order valence-electron chi connectivity index (χ1n) is 8.00. The molecule has 1 aromatic heterocycles. The molecule has 124 valence electrons. The highest BCUT2D eigenvalue weighted by Gasteiger charge is 2.36. The van der Waals surface area contributed by atoms with Crippen LogP contribution in [0.15, 0.2) is 18.5 Å². The second-order valence-corrected chi connectivity index (χ2v) is 6.18. The van der Waals surface area contributed by atoms with Gasteiger partial charge in [0.15, 0.2) is 5.82 Å². The van der Waals surface area contributed by atoms with Crippen molar-refractivity contribution in [1.29, 1.82) is 0 Å². The van der Waals surface area contributed by atoms with Gasteiger partial charge in [-0.2, -0.15) is 0 Å². The average Bonchev–Trinajstić information content (AvgIpc) is 3.24. The number of anilines is 1. The third-order valence-electron chi connectivity index (χ3n) is 4.45. The van der Waals surface area contributed by atoms with Crippen LogP contribution in [0.1, 0.15) is 32.6 Å². The zero-order valence-corrected chi connectivity index (χ0v) is 13.2. The van der Waals surface area contributed by atoms with Crippen molar-refractivity contribution < 1.29 is 14.0 Å². The number of rotatable bonds is 4. The largest absolute Gasteiger partial charge is 0.338 e. The number of hydrogen-bond donors (Lipinski definition) is 1. The normalized spacial score (nSPS) is 20.4. The van der Waals surface area contributed by atoms with Crippen LogP contribution < -0.4 is 5.32 Å². The number of carbonyl (C=O) groups excluding carboxylic acids is 2. The second-order valence-electron chi connectivity index (χ2n) is 6.18. The summed E-state index contributed by atoms with van der Waals surface area (Å²) in [6, 6.07) is 1.43. The Morgan fingerprint density at radius 1 is 1.43 bits per heavy atom. The van der Waals surface area contributed by atoms with Gasteiger partial charge in [-0.05, 0) is 31.7 Å². The lowest BCUT2D eigenvalue weighted by molar-refractivity contribution is -0.130. The molecule has 0 radical (unpaired) electrons. The van der Waals surface area contributed by atoms with Crippen molar-refractivity contribution in [1.82, 2.24) is 14.8 Å². The number of likely N-dealkylation sites (tertiary alicyclic amines) is 1. The lowest BCUT2D eigenvalue weighted by Gasteiger charge is -2.30. The van der Waals surface area contributed by atoms with Gasteiger partial charge in [0.1, 0.15) is 0 Å². The highest BCUT2D eigenvalue weighted by molar-refractivity contribution is 5.89. The molecule has 2 heterocycles. The van der Waals surface area contributed by atoms with Crippen LogP contribution in [-0.4, -0.2) is 51.9 Å². The first-order chi connectivity index (χ1) is 11.1. The molecule has 1 atom stereocenters. The van der Waals surface area contributed by atoms with Crippen LogP contribution >= 0.6 is 0 Å². The van der Waals surface area contributed by atoms with E-state index in [2.05, 4.69) is 10.3 Å². The standard InChI is InChI=1S/C16H21FN4O2/c1-11(22)21(12-4-5-12)10-13-3-2-8-20(13)16(23)19-15-6-7-18-9-14(15)17/h6-7,9,12-13H,2-5,8,10H2,1H3,(H,18,19,23). The lowest BCUT2D eigenvalue weighted by Crippen LogP contribution is -2.46. The average molecular weight is 320 g/mol. The molecule has 1 N–H and O–H groups in total. The molecule has 3 amide bonds. The maximum absolute atomic E-state index is 13.6. The molecule has 1 aliphatic carbocycles. The van der Waals surface area contributed by atoms with E-state index in [-0.39, 0.29) is 23.7 Å². The molecule has 1 unspecified atom stereocenters. The molecule has 0 spiro atoms. The summed E-state index contributed by atoms with van der Waals surface area (Å²) in [6.07, 6.45) is 6.35. The first-order valence-corrected chi connectivity index (χ1v) is 8.00. The fraction of sp³-hybridized carbons (Fsp3) is 0.562. The zero-order chi connectivity index (χ0) is 16.4. The molecule has 6 nitrogen and oxygen atoms in total.